The number of thioether (sulfide) groups is 1. The molecule has 0 bridgehead atoms. The Bertz CT molecular complexity index is 1020. The molecule has 2 heterocycles. The third kappa shape index (κ3) is 4.74. The zero-order chi connectivity index (χ0) is 20.2. The van der Waals surface area contributed by atoms with Crippen molar-refractivity contribution in [2.24, 2.45) is 0 Å². The van der Waals surface area contributed by atoms with Crippen LogP contribution in [0.15, 0.2) is 52.1 Å². The van der Waals surface area contributed by atoms with Crippen molar-refractivity contribution in [2.75, 3.05) is 29.1 Å². The number of halogens is 1. The summed E-state index contributed by atoms with van der Waals surface area (Å²) in [5.41, 5.74) is 3.75. The summed E-state index contributed by atoms with van der Waals surface area (Å²) in [7, 11) is 0. The number of amides is 1. The Morgan fingerprint density at radius 2 is 2.00 bits per heavy atom. The SMILES string of the molecule is Cc1cc(N2CCCC2)ccc1NC(=O)CSc1nnc(-c2ccccc2Cl)o1. The van der Waals surface area contributed by atoms with Crippen molar-refractivity contribution in [3.05, 3.63) is 53.1 Å². The smallest absolute Gasteiger partial charge is 0.277 e. The van der Waals surface area contributed by atoms with Crippen molar-refractivity contribution in [3.63, 3.8) is 0 Å². The van der Waals surface area contributed by atoms with Gasteiger partial charge in [-0.3, -0.25) is 4.79 Å². The molecule has 1 fully saturated rings. The van der Waals surface area contributed by atoms with Gasteiger partial charge in [-0.05, 0) is 55.7 Å². The number of carbonyl (C=O) groups is 1. The second-order valence-corrected chi connectivity index (χ2v) is 8.22. The third-order valence-corrected chi connectivity index (χ3v) is 5.94. The lowest BCUT2D eigenvalue weighted by Crippen LogP contribution is -2.18. The lowest BCUT2D eigenvalue weighted by atomic mass is 10.1. The van der Waals surface area contributed by atoms with E-state index < -0.39 is 0 Å². The minimum atomic E-state index is -0.121. The van der Waals surface area contributed by atoms with Gasteiger partial charge in [0.15, 0.2) is 0 Å². The van der Waals surface area contributed by atoms with Crippen LogP contribution in [0.4, 0.5) is 11.4 Å². The molecule has 3 aromatic rings. The summed E-state index contributed by atoms with van der Waals surface area (Å²) < 4.78 is 5.62. The van der Waals surface area contributed by atoms with Crippen LogP contribution in [-0.4, -0.2) is 34.9 Å². The fraction of sp³-hybridized carbons (Fsp3) is 0.286. The summed E-state index contributed by atoms with van der Waals surface area (Å²) in [6.45, 7) is 4.21. The molecular formula is C21H21ClN4O2S. The van der Waals surface area contributed by atoms with Crippen LogP contribution in [0.1, 0.15) is 18.4 Å². The topological polar surface area (TPSA) is 71.3 Å². The number of nitrogens with one attached hydrogen (secondary N) is 1. The Morgan fingerprint density at radius 3 is 2.76 bits per heavy atom. The van der Waals surface area contributed by atoms with Crippen molar-refractivity contribution in [2.45, 2.75) is 25.0 Å². The molecule has 29 heavy (non-hydrogen) atoms. The van der Waals surface area contributed by atoms with Gasteiger partial charge in [-0.25, -0.2) is 0 Å². The number of hydrogen-bond donors (Lipinski definition) is 1. The maximum absolute atomic E-state index is 12.4. The van der Waals surface area contributed by atoms with Crippen molar-refractivity contribution < 1.29 is 9.21 Å². The molecule has 1 aliphatic heterocycles. The second kappa shape index (κ2) is 8.88. The molecule has 0 radical (unpaired) electrons. The van der Waals surface area contributed by atoms with Crippen LogP contribution in [0.25, 0.3) is 11.5 Å². The Labute approximate surface area is 178 Å². The third-order valence-electron chi connectivity index (χ3n) is 4.79. The molecule has 6 nitrogen and oxygen atoms in total. The molecule has 0 saturated carbocycles. The summed E-state index contributed by atoms with van der Waals surface area (Å²) in [5, 5.41) is 11.8. The van der Waals surface area contributed by atoms with Gasteiger partial charge in [-0.2, -0.15) is 0 Å². The molecule has 0 spiro atoms. The number of rotatable bonds is 6. The van der Waals surface area contributed by atoms with E-state index in [0.717, 1.165) is 24.3 Å². The van der Waals surface area contributed by atoms with Crippen LogP contribution in [0.5, 0.6) is 0 Å². The van der Waals surface area contributed by atoms with E-state index in [1.54, 1.807) is 6.07 Å². The van der Waals surface area contributed by atoms with Crippen molar-refractivity contribution >= 4 is 40.6 Å². The Morgan fingerprint density at radius 1 is 1.21 bits per heavy atom. The summed E-state index contributed by atoms with van der Waals surface area (Å²) in [5.74, 6) is 0.397. The number of anilines is 2. The highest BCUT2D eigenvalue weighted by atomic mass is 35.5. The summed E-state index contributed by atoms with van der Waals surface area (Å²) in [6, 6.07) is 13.4. The van der Waals surface area contributed by atoms with E-state index in [-0.39, 0.29) is 11.7 Å². The van der Waals surface area contributed by atoms with Crippen LogP contribution in [0.3, 0.4) is 0 Å². The van der Waals surface area contributed by atoms with Crippen LogP contribution < -0.4 is 10.2 Å². The van der Waals surface area contributed by atoms with Crippen LogP contribution in [-0.2, 0) is 4.79 Å². The zero-order valence-corrected chi connectivity index (χ0v) is 17.6. The maximum atomic E-state index is 12.4. The summed E-state index contributed by atoms with van der Waals surface area (Å²) in [6.07, 6.45) is 2.48. The highest BCUT2D eigenvalue weighted by molar-refractivity contribution is 7.99. The molecular weight excluding hydrogens is 408 g/mol. The molecule has 1 N–H and O–H groups in total. The van der Waals surface area contributed by atoms with Crippen LogP contribution in [0, 0.1) is 6.92 Å². The standard InChI is InChI=1S/C21H21ClN4O2S/c1-14-12-15(26-10-4-5-11-26)8-9-18(14)23-19(27)13-29-21-25-24-20(28-21)16-6-2-3-7-17(16)22/h2-3,6-9,12H,4-5,10-11,13H2,1H3,(H,23,27). The highest BCUT2D eigenvalue weighted by Crippen LogP contribution is 2.29. The Kier molecular flexibility index (Phi) is 6.06. The van der Waals surface area contributed by atoms with Gasteiger partial charge in [0, 0.05) is 24.5 Å². The van der Waals surface area contributed by atoms with E-state index in [9.17, 15) is 4.79 Å². The first-order valence-electron chi connectivity index (χ1n) is 9.47. The first-order chi connectivity index (χ1) is 14.1. The maximum Gasteiger partial charge on any atom is 0.277 e. The van der Waals surface area contributed by atoms with Gasteiger partial charge in [0.25, 0.3) is 5.22 Å². The van der Waals surface area contributed by atoms with E-state index in [1.807, 2.05) is 31.2 Å². The molecule has 0 atom stereocenters. The monoisotopic (exact) mass is 428 g/mol. The van der Waals surface area contributed by atoms with Gasteiger partial charge in [0.1, 0.15) is 0 Å². The lowest BCUT2D eigenvalue weighted by molar-refractivity contribution is -0.113. The lowest BCUT2D eigenvalue weighted by Gasteiger charge is -2.19. The average molecular weight is 429 g/mol. The molecule has 1 amide bonds. The number of hydrogen-bond acceptors (Lipinski definition) is 6. The van der Waals surface area contributed by atoms with Gasteiger partial charge >= 0.3 is 0 Å². The van der Waals surface area contributed by atoms with Crippen molar-refractivity contribution in [1.29, 1.82) is 0 Å². The molecule has 1 aromatic heterocycles. The van der Waals surface area contributed by atoms with Gasteiger partial charge in [0.05, 0.1) is 16.3 Å². The molecule has 0 aliphatic carbocycles. The van der Waals surface area contributed by atoms with E-state index in [4.69, 9.17) is 16.0 Å². The number of benzene rings is 2. The Balaban J connectivity index is 1.34. The normalized spacial score (nSPS) is 13.7. The molecule has 2 aromatic carbocycles. The van der Waals surface area contributed by atoms with E-state index in [1.165, 1.54) is 30.3 Å². The molecule has 4 rings (SSSR count). The molecule has 150 valence electrons. The second-order valence-electron chi connectivity index (χ2n) is 6.88. The largest absolute Gasteiger partial charge is 0.411 e. The van der Waals surface area contributed by atoms with Crippen LogP contribution in [0.2, 0.25) is 5.02 Å². The van der Waals surface area contributed by atoms with Gasteiger partial charge in [-0.1, -0.05) is 35.5 Å². The average Bonchev–Trinajstić information content (AvgIpc) is 3.40. The number of nitrogens with zero attached hydrogens (tertiary/aromatic N) is 3. The number of aromatic nitrogens is 2. The minimum absolute atomic E-state index is 0.121. The quantitative estimate of drug-likeness (QED) is 0.555. The fourth-order valence-electron chi connectivity index (χ4n) is 3.29. The van der Waals surface area contributed by atoms with E-state index in [2.05, 4.69) is 32.5 Å². The molecule has 1 aliphatic rings. The van der Waals surface area contributed by atoms with Crippen LogP contribution >= 0.6 is 23.4 Å². The van der Waals surface area contributed by atoms with Crippen molar-refractivity contribution in [3.8, 4) is 11.5 Å². The first kappa shape index (κ1) is 19.8. The molecule has 8 heteroatoms. The van der Waals surface area contributed by atoms with E-state index >= 15 is 0 Å². The predicted octanol–water partition coefficient (Wildman–Crippen LogP) is 5.03. The first-order valence-corrected chi connectivity index (χ1v) is 10.8. The zero-order valence-electron chi connectivity index (χ0n) is 16.0. The number of carbonyl (C=O) groups excluding carboxylic acids is 1. The minimum Gasteiger partial charge on any atom is -0.411 e. The van der Waals surface area contributed by atoms with E-state index in [0.29, 0.717) is 21.7 Å². The predicted molar refractivity (Wildman–Crippen MR) is 117 cm³/mol. The highest BCUT2D eigenvalue weighted by Gasteiger charge is 2.15. The fourth-order valence-corrected chi connectivity index (χ4v) is 4.07. The number of aryl methyl sites for hydroxylation is 1. The molecule has 0 unspecified atom stereocenters. The summed E-state index contributed by atoms with van der Waals surface area (Å²) >= 11 is 7.35. The van der Waals surface area contributed by atoms with Crippen molar-refractivity contribution in [1.82, 2.24) is 10.2 Å². The van der Waals surface area contributed by atoms with Gasteiger partial charge in [0.2, 0.25) is 11.8 Å². The summed E-state index contributed by atoms with van der Waals surface area (Å²) in [4.78, 5) is 14.7. The molecule has 1 saturated heterocycles. The van der Waals surface area contributed by atoms with Gasteiger partial charge < -0.3 is 14.6 Å². The van der Waals surface area contributed by atoms with Gasteiger partial charge in [-0.15, -0.1) is 10.2 Å². The Hall–Kier alpha value is -2.51.